The molecule has 49 heavy (non-hydrogen) atoms. The highest BCUT2D eigenvalue weighted by Crippen LogP contribution is 2.50. The molecular formula is C35H40N6O7S. The molecule has 2 unspecified atom stereocenters. The van der Waals surface area contributed by atoms with Crippen LogP contribution in [0.1, 0.15) is 36.9 Å². The number of thioether (sulfide) groups is 1. The van der Waals surface area contributed by atoms with Crippen LogP contribution in [0.15, 0.2) is 53.3 Å². The highest BCUT2D eigenvalue weighted by Gasteiger charge is 2.30. The van der Waals surface area contributed by atoms with Crippen LogP contribution < -0.4 is 40.3 Å². The smallest absolute Gasteiger partial charge is 0.249 e. The number of aromatic amines is 1. The van der Waals surface area contributed by atoms with Crippen LogP contribution in [-0.4, -0.2) is 73.5 Å². The molecule has 2 atom stereocenters. The van der Waals surface area contributed by atoms with Gasteiger partial charge < -0.3 is 29.6 Å². The van der Waals surface area contributed by atoms with E-state index in [1.165, 1.54) is 20.1 Å². The third kappa shape index (κ3) is 7.75. The Labute approximate surface area is 288 Å². The fourth-order valence-corrected chi connectivity index (χ4v) is 6.38. The quantitative estimate of drug-likeness (QED) is 0.152. The summed E-state index contributed by atoms with van der Waals surface area (Å²) >= 11 is 1.58. The zero-order chi connectivity index (χ0) is 35.1. The molecule has 13 nitrogen and oxygen atoms in total. The van der Waals surface area contributed by atoms with Crippen molar-refractivity contribution in [1.29, 1.82) is 0 Å². The van der Waals surface area contributed by atoms with E-state index in [9.17, 15) is 14.4 Å². The van der Waals surface area contributed by atoms with Crippen molar-refractivity contribution in [2.24, 2.45) is 0 Å². The average molecular weight is 689 g/mol. The Hall–Kier alpha value is -5.24. The Morgan fingerprint density at radius 3 is 2.41 bits per heavy atom. The molecule has 0 bridgehead atoms. The van der Waals surface area contributed by atoms with Gasteiger partial charge in [-0.05, 0) is 90.4 Å². The van der Waals surface area contributed by atoms with Gasteiger partial charge in [0.1, 0.15) is 11.8 Å². The first kappa shape index (κ1) is 35.1. The normalized spacial score (nSPS) is 14.0. The molecule has 0 spiro atoms. The second kappa shape index (κ2) is 15.8. The highest BCUT2D eigenvalue weighted by atomic mass is 32.2. The maximum Gasteiger partial charge on any atom is 0.249 e. The maximum absolute atomic E-state index is 13.9. The first-order chi connectivity index (χ1) is 23.7. The summed E-state index contributed by atoms with van der Waals surface area (Å²) in [7, 11) is 6.23. The van der Waals surface area contributed by atoms with E-state index >= 15 is 0 Å². The van der Waals surface area contributed by atoms with Crippen molar-refractivity contribution >= 4 is 35.2 Å². The van der Waals surface area contributed by atoms with Crippen molar-refractivity contribution in [3.05, 3.63) is 69.9 Å². The molecule has 1 aliphatic carbocycles. The van der Waals surface area contributed by atoms with Gasteiger partial charge in [0.25, 0.3) is 0 Å². The van der Waals surface area contributed by atoms with Gasteiger partial charge in [-0.3, -0.25) is 24.8 Å². The van der Waals surface area contributed by atoms with Crippen LogP contribution in [0.5, 0.6) is 23.0 Å². The number of anilines is 2. The van der Waals surface area contributed by atoms with Crippen molar-refractivity contribution in [3.8, 4) is 45.5 Å². The van der Waals surface area contributed by atoms with Crippen LogP contribution in [0.3, 0.4) is 0 Å². The molecule has 1 heterocycles. The largest absolute Gasteiger partial charge is 0.497 e. The van der Waals surface area contributed by atoms with Crippen molar-refractivity contribution in [2.75, 3.05) is 51.1 Å². The first-order valence-corrected chi connectivity index (χ1v) is 17.0. The summed E-state index contributed by atoms with van der Waals surface area (Å²) in [5, 5.41) is 16.0. The number of aromatic nitrogens is 3. The van der Waals surface area contributed by atoms with Crippen LogP contribution in [0.4, 0.5) is 11.6 Å². The topological polar surface area (TPSA) is 166 Å². The number of carbonyl (C=O) groups excluding carboxylic acids is 2. The predicted molar refractivity (Wildman–Crippen MR) is 190 cm³/mol. The van der Waals surface area contributed by atoms with Crippen LogP contribution in [0.2, 0.25) is 0 Å². The minimum Gasteiger partial charge on any atom is -0.497 e. The number of hydrogen-bond donors (Lipinski definition) is 4. The highest BCUT2D eigenvalue weighted by molar-refractivity contribution is 7.98. The summed E-state index contributed by atoms with van der Waals surface area (Å²) in [5.41, 5.74) is 3.59. The zero-order valence-electron chi connectivity index (χ0n) is 28.3. The van der Waals surface area contributed by atoms with E-state index in [1.54, 1.807) is 51.3 Å². The lowest BCUT2D eigenvalue weighted by atomic mass is 9.95. The monoisotopic (exact) mass is 688 g/mol. The third-order valence-electron chi connectivity index (χ3n) is 8.26. The standard InChI is InChI=1S/C35H40N6O7S/c1-19(42)36-25-13-9-21-17-29(46-3)31(47-4)32(48-5)30(21)23-12-14-26(28(43)18-24(23)25)37-27(15-16-49-6)34(44)39-35-38-33(40-41-35)20-7-10-22(45-2)11-8-20/h7-8,10-12,14,17-18,25,27H,9,13,15-16H2,1-6H3,(H,36,42)(H,37,43)(H2,38,39,40,41,44). The van der Waals surface area contributed by atoms with Gasteiger partial charge in [-0.15, -0.1) is 5.10 Å². The average Bonchev–Trinajstić information content (AvgIpc) is 3.45. The summed E-state index contributed by atoms with van der Waals surface area (Å²) in [6.45, 7) is 1.45. The molecule has 0 aliphatic heterocycles. The minimum absolute atomic E-state index is 0.102. The number of nitrogens with one attached hydrogen (secondary N) is 4. The Morgan fingerprint density at radius 2 is 1.76 bits per heavy atom. The van der Waals surface area contributed by atoms with Gasteiger partial charge in [0.15, 0.2) is 17.3 Å². The first-order valence-electron chi connectivity index (χ1n) is 15.6. The number of aryl methyl sites for hydroxylation is 1. The number of fused-ring (bicyclic) bond motifs is 3. The van der Waals surface area contributed by atoms with Gasteiger partial charge in [-0.25, -0.2) is 0 Å². The fourth-order valence-electron chi connectivity index (χ4n) is 5.91. The number of rotatable bonds is 13. The molecule has 4 N–H and O–H groups in total. The number of benzene rings is 2. The van der Waals surface area contributed by atoms with Gasteiger partial charge in [0.2, 0.25) is 28.9 Å². The van der Waals surface area contributed by atoms with Gasteiger partial charge in [0.05, 0.1) is 40.2 Å². The van der Waals surface area contributed by atoms with E-state index in [4.69, 9.17) is 18.9 Å². The van der Waals surface area contributed by atoms with Crippen molar-refractivity contribution in [3.63, 3.8) is 0 Å². The van der Waals surface area contributed by atoms with Crippen LogP contribution in [0, 0.1) is 0 Å². The van der Waals surface area contributed by atoms with Crippen molar-refractivity contribution in [1.82, 2.24) is 20.5 Å². The number of nitrogens with zero attached hydrogens (tertiary/aromatic N) is 2. The second-order valence-electron chi connectivity index (χ2n) is 11.3. The molecule has 5 rings (SSSR count). The molecule has 3 aromatic carbocycles. The minimum atomic E-state index is -0.789. The van der Waals surface area contributed by atoms with E-state index in [0.29, 0.717) is 65.0 Å². The van der Waals surface area contributed by atoms with Crippen molar-refractivity contribution in [2.45, 2.75) is 38.3 Å². The second-order valence-corrected chi connectivity index (χ2v) is 12.3. The summed E-state index contributed by atoms with van der Waals surface area (Å²) in [6.07, 6.45) is 3.47. The Morgan fingerprint density at radius 1 is 1.00 bits per heavy atom. The van der Waals surface area contributed by atoms with E-state index in [-0.39, 0.29) is 23.0 Å². The van der Waals surface area contributed by atoms with Crippen LogP contribution in [0.25, 0.3) is 22.5 Å². The molecule has 258 valence electrons. The van der Waals surface area contributed by atoms with Gasteiger partial charge in [0, 0.05) is 18.1 Å². The molecule has 0 saturated heterocycles. The lowest BCUT2D eigenvalue weighted by Gasteiger charge is -2.19. The Balaban J connectivity index is 1.51. The summed E-state index contributed by atoms with van der Waals surface area (Å²) in [4.78, 5) is 44.2. The predicted octanol–water partition coefficient (Wildman–Crippen LogP) is 4.83. The Bertz CT molecular complexity index is 1880. The number of hydrogen-bond acceptors (Lipinski definition) is 11. The van der Waals surface area contributed by atoms with Gasteiger partial charge in [-0.1, -0.05) is 6.07 Å². The van der Waals surface area contributed by atoms with E-state index in [1.807, 2.05) is 30.5 Å². The molecule has 1 aliphatic rings. The van der Waals surface area contributed by atoms with E-state index in [0.717, 1.165) is 16.7 Å². The molecule has 2 amide bonds. The van der Waals surface area contributed by atoms with E-state index in [2.05, 4.69) is 31.1 Å². The summed E-state index contributed by atoms with van der Waals surface area (Å²) < 4.78 is 22.4. The third-order valence-corrected chi connectivity index (χ3v) is 8.90. The molecule has 4 aromatic rings. The molecular weight excluding hydrogens is 648 g/mol. The number of ether oxygens (including phenoxy) is 4. The summed E-state index contributed by atoms with van der Waals surface area (Å²) in [5.74, 6) is 2.68. The van der Waals surface area contributed by atoms with Crippen LogP contribution >= 0.6 is 11.8 Å². The molecule has 1 aromatic heterocycles. The lowest BCUT2D eigenvalue weighted by Crippen LogP contribution is -2.36. The number of H-pyrrole nitrogens is 1. The van der Waals surface area contributed by atoms with Crippen LogP contribution in [-0.2, 0) is 16.0 Å². The van der Waals surface area contributed by atoms with Gasteiger partial charge >= 0.3 is 0 Å². The molecule has 0 saturated carbocycles. The van der Waals surface area contributed by atoms with Crippen molar-refractivity contribution < 1.29 is 28.5 Å². The fraction of sp³-hybridized carbons (Fsp3) is 0.343. The maximum atomic E-state index is 13.9. The number of methoxy groups -OCH3 is 4. The molecule has 14 heteroatoms. The lowest BCUT2D eigenvalue weighted by molar-refractivity contribution is -0.120. The number of amides is 2. The van der Waals surface area contributed by atoms with E-state index < -0.39 is 18.0 Å². The number of carbonyl (C=O) groups is 2. The SMILES string of the molecule is COc1ccc(-c2nc(NC(=O)C(CCSC)Nc3ccc4c(cc3=O)C(NC(C)=O)CCc3cc(OC)c(OC)c(OC)c3-4)n[nH]2)cc1. The molecule has 0 fully saturated rings. The zero-order valence-corrected chi connectivity index (χ0v) is 29.1. The summed E-state index contributed by atoms with van der Waals surface area (Å²) in [6, 6.07) is 12.9. The Kier molecular flexibility index (Phi) is 11.3. The van der Waals surface area contributed by atoms with Gasteiger partial charge in [-0.2, -0.15) is 16.7 Å². The molecule has 0 radical (unpaired) electrons.